The van der Waals surface area contributed by atoms with E-state index < -0.39 is 11.9 Å². The Balaban J connectivity index is 1.90. The Morgan fingerprint density at radius 3 is 2.19 bits per heavy atom. The smallest absolute Gasteiger partial charge is 0.307 e. The Morgan fingerprint density at radius 2 is 1.56 bits per heavy atom. The minimum Gasteiger partial charge on any atom is -0.481 e. The molecule has 0 aromatic heterocycles. The molecule has 2 unspecified atom stereocenters. The Bertz CT molecular complexity index is 284. The molecule has 2 aliphatic rings. The van der Waals surface area contributed by atoms with Crippen molar-refractivity contribution in [1.29, 1.82) is 0 Å². The first-order chi connectivity index (χ1) is 7.68. The maximum Gasteiger partial charge on any atom is 0.307 e. The quantitative estimate of drug-likeness (QED) is 0.765. The van der Waals surface area contributed by atoms with E-state index in [4.69, 9.17) is 5.11 Å². The first-order valence-corrected chi connectivity index (χ1v) is 6.21. The van der Waals surface area contributed by atoms with Crippen molar-refractivity contribution in [2.24, 2.45) is 11.8 Å². The second-order valence-corrected chi connectivity index (χ2v) is 4.97. The van der Waals surface area contributed by atoms with E-state index in [1.54, 1.807) is 0 Å². The van der Waals surface area contributed by atoms with Crippen molar-refractivity contribution in [2.75, 3.05) is 0 Å². The van der Waals surface area contributed by atoms with Crippen molar-refractivity contribution in [2.45, 2.75) is 51.0 Å². The predicted octanol–water partition coefficient (Wildman–Crippen LogP) is 1.55. The summed E-state index contributed by atoms with van der Waals surface area (Å²) in [5, 5.41) is 12.0. The van der Waals surface area contributed by atoms with Gasteiger partial charge in [0.15, 0.2) is 0 Å². The molecule has 4 nitrogen and oxygen atoms in total. The lowest BCUT2D eigenvalue weighted by molar-refractivity contribution is -0.146. The Kier molecular flexibility index (Phi) is 3.46. The van der Waals surface area contributed by atoms with Gasteiger partial charge in [0.05, 0.1) is 11.8 Å². The van der Waals surface area contributed by atoms with Gasteiger partial charge in [-0.1, -0.05) is 19.3 Å². The Hall–Kier alpha value is -1.06. The normalized spacial score (nSPS) is 30.5. The number of carboxylic acid groups (broad SMARTS) is 1. The summed E-state index contributed by atoms with van der Waals surface area (Å²) in [6.07, 6.45) is 6.70. The van der Waals surface area contributed by atoms with Gasteiger partial charge in [0.1, 0.15) is 0 Å². The third-order valence-corrected chi connectivity index (χ3v) is 3.87. The monoisotopic (exact) mass is 225 g/mol. The van der Waals surface area contributed by atoms with Crippen LogP contribution in [0.25, 0.3) is 0 Å². The number of amides is 1. The number of carbonyl (C=O) groups is 2. The maximum atomic E-state index is 11.9. The largest absolute Gasteiger partial charge is 0.481 e. The molecule has 0 saturated heterocycles. The minimum absolute atomic E-state index is 0.0307. The van der Waals surface area contributed by atoms with E-state index in [0.29, 0.717) is 12.5 Å². The van der Waals surface area contributed by atoms with Gasteiger partial charge in [0.25, 0.3) is 0 Å². The molecule has 2 atom stereocenters. The van der Waals surface area contributed by atoms with Crippen LogP contribution in [0.1, 0.15) is 44.9 Å². The molecule has 0 spiro atoms. The molecule has 0 aromatic carbocycles. The van der Waals surface area contributed by atoms with Crippen LogP contribution in [0, 0.1) is 11.8 Å². The standard InChI is InChI=1S/C12H19NO3/c14-11(13-8-4-1-2-5-8)9-6-3-7-10(9)12(15)16/h8-10H,1-7H2,(H,13,14)(H,15,16). The first kappa shape index (κ1) is 11.4. The van der Waals surface area contributed by atoms with Gasteiger partial charge in [-0.15, -0.1) is 0 Å². The zero-order chi connectivity index (χ0) is 11.5. The summed E-state index contributed by atoms with van der Waals surface area (Å²) in [5.74, 6) is -1.60. The highest BCUT2D eigenvalue weighted by atomic mass is 16.4. The summed E-state index contributed by atoms with van der Waals surface area (Å²) in [5.41, 5.74) is 0. The molecule has 0 radical (unpaired) electrons. The summed E-state index contributed by atoms with van der Waals surface area (Å²) < 4.78 is 0. The fourth-order valence-electron chi connectivity index (χ4n) is 2.95. The van der Waals surface area contributed by atoms with Gasteiger partial charge in [-0.2, -0.15) is 0 Å². The van der Waals surface area contributed by atoms with Gasteiger partial charge in [0.2, 0.25) is 5.91 Å². The SMILES string of the molecule is O=C(O)C1CCCC1C(=O)NC1CCCC1. The van der Waals surface area contributed by atoms with Crippen LogP contribution in [0.2, 0.25) is 0 Å². The maximum absolute atomic E-state index is 11.9. The van der Waals surface area contributed by atoms with Crippen molar-refractivity contribution in [1.82, 2.24) is 5.32 Å². The molecule has 2 fully saturated rings. The zero-order valence-electron chi connectivity index (χ0n) is 9.45. The zero-order valence-corrected chi connectivity index (χ0v) is 9.45. The molecule has 0 heterocycles. The number of nitrogens with one attached hydrogen (secondary N) is 1. The van der Waals surface area contributed by atoms with Crippen molar-refractivity contribution >= 4 is 11.9 Å². The number of hydrogen-bond acceptors (Lipinski definition) is 2. The van der Waals surface area contributed by atoms with Crippen molar-refractivity contribution < 1.29 is 14.7 Å². The van der Waals surface area contributed by atoms with Crippen LogP contribution in [0.4, 0.5) is 0 Å². The molecular formula is C12H19NO3. The van der Waals surface area contributed by atoms with Crippen LogP contribution in [-0.2, 0) is 9.59 Å². The van der Waals surface area contributed by atoms with E-state index in [1.165, 1.54) is 12.8 Å². The topological polar surface area (TPSA) is 66.4 Å². The summed E-state index contributed by atoms with van der Waals surface area (Å²) in [4.78, 5) is 22.9. The van der Waals surface area contributed by atoms with Gasteiger partial charge in [-0.25, -0.2) is 0 Å². The fourth-order valence-corrected chi connectivity index (χ4v) is 2.95. The van der Waals surface area contributed by atoms with Gasteiger partial charge >= 0.3 is 5.97 Å². The molecule has 1 amide bonds. The molecular weight excluding hydrogens is 206 g/mol. The highest BCUT2D eigenvalue weighted by Gasteiger charge is 2.38. The third kappa shape index (κ3) is 2.36. The average molecular weight is 225 g/mol. The molecule has 90 valence electrons. The molecule has 16 heavy (non-hydrogen) atoms. The fraction of sp³-hybridized carbons (Fsp3) is 0.833. The minimum atomic E-state index is -0.816. The molecule has 4 heteroatoms. The summed E-state index contributed by atoms with van der Waals surface area (Å²) in [7, 11) is 0. The molecule has 2 N–H and O–H groups in total. The molecule has 0 aromatic rings. The van der Waals surface area contributed by atoms with Gasteiger partial charge in [-0.05, 0) is 25.7 Å². The number of hydrogen-bond donors (Lipinski definition) is 2. The van der Waals surface area contributed by atoms with Gasteiger partial charge in [0, 0.05) is 6.04 Å². The highest BCUT2D eigenvalue weighted by Crippen LogP contribution is 2.32. The highest BCUT2D eigenvalue weighted by molar-refractivity contribution is 5.85. The second kappa shape index (κ2) is 4.85. The van der Waals surface area contributed by atoms with E-state index in [1.807, 2.05) is 0 Å². The van der Waals surface area contributed by atoms with Crippen LogP contribution < -0.4 is 5.32 Å². The third-order valence-electron chi connectivity index (χ3n) is 3.87. The predicted molar refractivity (Wildman–Crippen MR) is 58.9 cm³/mol. The summed E-state index contributed by atoms with van der Waals surface area (Å²) in [6, 6.07) is 0.294. The van der Waals surface area contributed by atoms with Crippen LogP contribution in [-0.4, -0.2) is 23.0 Å². The van der Waals surface area contributed by atoms with Gasteiger partial charge in [-0.3, -0.25) is 9.59 Å². The average Bonchev–Trinajstić information content (AvgIpc) is 2.86. The van der Waals surface area contributed by atoms with Crippen molar-refractivity contribution in [3.05, 3.63) is 0 Å². The molecule has 2 saturated carbocycles. The van der Waals surface area contributed by atoms with E-state index in [-0.39, 0.29) is 11.8 Å². The van der Waals surface area contributed by atoms with Crippen LogP contribution >= 0.6 is 0 Å². The second-order valence-electron chi connectivity index (χ2n) is 4.97. The van der Waals surface area contributed by atoms with Crippen molar-refractivity contribution in [3.63, 3.8) is 0 Å². The summed E-state index contributed by atoms with van der Waals surface area (Å²) >= 11 is 0. The van der Waals surface area contributed by atoms with E-state index in [0.717, 1.165) is 25.7 Å². The Labute approximate surface area is 95.4 Å². The number of carbonyl (C=O) groups excluding carboxylic acids is 1. The lowest BCUT2D eigenvalue weighted by Gasteiger charge is -2.18. The molecule has 0 bridgehead atoms. The van der Waals surface area contributed by atoms with E-state index in [9.17, 15) is 9.59 Å². The number of carboxylic acids is 1. The number of rotatable bonds is 3. The lowest BCUT2D eigenvalue weighted by Crippen LogP contribution is -2.40. The van der Waals surface area contributed by atoms with Crippen LogP contribution in [0.15, 0.2) is 0 Å². The van der Waals surface area contributed by atoms with Gasteiger partial charge < -0.3 is 10.4 Å². The van der Waals surface area contributed by atoms with E-state index in [2.05, 4.69) is 5.32 Å². The lowest BCUT2D eigenvalue weighted by atomic mass is 9.95. The molecule has 0 aliphatic heterocycles. The van der Waals surface area contributed by atoms with E-state index >= 15 is 0 Å². The summed E-state index contributed by atoms with van der Waals surface area (Å²) in [6.45, 7) is 0. The van der Waals surface area contributed by atoms with Crippen LogP contribution in [0.5, 0.6) is 0 Å². The number of aliphatic carboxylic acids is 1. The first-order valence-electron chi connectivity index (χ1n) is 6.21. The van der Waals surface area contributed by atoms with Crippen LogP contribution in [0.3, 0.4) is 0 Å². The molecule has 2 aliphatic carbocycles. The van der Waals surface area contributed by atoms with Crippen molar-refractivity contribution in [3.8, 4) is 0 Å². The Morgan fingerprint density at radius 1 is 0.938 bits per heavy atom. The molecule has 2 rings (SSSR count).